The molecule has 1 unspecified atom stereocenters. The third-order valence-electron chi connectivity index (χ3n) is 7.67. The highest BCUT2D eigenvalue weighted by Gasteiger charge is 2.34. The van der Waals surface area contributed by atoms with E-state index in [2.05, 4.69) is 24.2 Å². The van der Waals surface area contributed by atoms with Crippen LogP contribution in [0.1, 0.15) is 62.0 Å². The van der Waals surface area contributed by atoms with E-state index in [1.807, 2.05) is 24.0 Å². The van der Waals surface area contributed by atoms with Gasteiger partial charge in [0.2, 0.25) is 0 Å². The van der Waals surface area contributed by atoms with Crippen LogP contribution in [0.2, 0.25) is 0 Å². The van der Waals surface area contributed by atoms with Crippen LogP contribution in [0.3, 0.4) is 0 Å². The number of hydrogen-bond acceptors (Lipinski definition) is 5. The van der Waals surface area contributed by atoms with E-state index in [-0.39, 0.29) is 22.5 Å². The fourth-order valence-electron chi connectivity index (χ4n) is 5.41. The van der Waals surface area contributed by atoms with Crippen LogP contribution in [0.25, 0.3) is 10.9 Å². The number of aromatic nitrogens is 1. The van der Waals surface area contributed by atoms with Crippen molar-refractivity contribution in [2.75, 3.05) is 19.6 Å². The first-order valence-electron chi connectivity index (χ1n) is 13.0. The number of fused-ring (bicyclic) bond motifs is 1. The van der Waals surface area contributed by atoms with Gasteiger partial charge >= 0.3 is 0 Å². The number of hydrogen-bond donors (Lipinski definition) is 0. The minimum absolute atomic E-state index is 0.0872. The summed E-state index contributed by atoms with van der Waals surface area (Å²) in [5, 5.41) is 0.817. The lowest BCUT2D eigenvalue weighted by Crippen LogP contribution is -2.43. The fraction of sp³-hybridized carbons (Fsp3) is 0.464. The summed E-state index contributed by atoms with van der Waals surface area (Å²) in [7, 11) is -3.97. The summed E-state index contributed by atoms with van der Waals surface area (Å²) in [6.45, 7) is 8.99. The molecule has 3 aromatic rings. The van der Waals surface area contributed by atoms with Gasteiger partial charge in [0.1, 0.15) is 5.69 Å². The van der Waals surface area contributed by atoms with E-state index < -0.39 is 10.0 Å². The Labute approximate surface area is 218 Å². The molecule has 3 heterocycles. The number of nitrogens with zero attached hydrogens (tertiary/aromatic N) is 3. The number of amides is 1. The van der Waals surface area contributed by atoms with Gasteiger partial charge in [-0.15, -0.1) is 0 Å². The van der Waals surface area contributed by atoms with Gasteiger partial charge in [-0.2, -0.15) is 0 Å². The normalized spacial score (nSPS) is 20.2. The molecule has 0 bridgehead atoms. The summed E-state index contributed by atoms with van der Waals surface area (Å²) in [5.74, 6) is 0.559. The molecule has 8 heteroatoms. The predicted octanol–water partition coefficient (Wildman–Crippen LogP) is 5.94. The zero-order valence-electron chi connectivity index (χ0n) is 21.3. The van der Waals surface area contributed by atoms with Crippen LogP contribution < -0.4 is 0 Å². The maximum atomic E-state index is 14.0. The maximum Gasteiger partial charge on any atom is 0.272 e. The van der Waals surface area contributed by atoms with Crippen molar-refractivity contribution >= 4 is 38.8 Å². The Morgan fingerprint density at radius 2 is 1.67 bits per heavy atom. The maximum absolute atomic E-state index is 14.0. The van der Waals surface area contributed by atoms with Gasteiger partial charge in [-0.25, -0.2) is 16.7 Å². The number of aryl methyl sites for hydroxylation is 1. The molecule has 2 fully saturated rings. The Balaban J connectivity index is 1.63. The lowest BCUT2D eigenvalue weighted by molar-refractivity contribution is 0.0628. The Morgan fingerprint density at radius 1 is 0.944 bits per heavy atom. The molecule has 1 aromatic heterocycles. The number of rotatable bonds is 5. The van der Waals surface area contributed by atoms with E-state index in [0.29, 0.717) is 12.1 Å². The average molecular weight is 526 g/mol. The van der Waals surface area contributed by atoms with Crippen molar-refractivity contribution in [1.82, 2.24) is 13.2 Å². The highest BCUT2D eigenvalue weighted by atomic mass is 32.2. The first-order chi connectivity index (χ1) is 17.3. The summed E-state index contributed by atoms with van der Waals surface area (Å²) >= 11 is 1.73. The molecule has 2 aromatic carbocycles. The fourth-order valence-corrected chi connectivity index (χ4v) is 7.98. The van der Waals surface area contributed by atoms with E-state index >= 15 is 0 Å². The van der Waals surface area contributed by atoms with E-state index in [0.717, 1.165) is 54.1 Å². The van der Waals surface area contributed by atoms with Crippen LogP contribution >= 0.6 is 11.9 Å². The zero-order chi connectivity index (χ0) is 25.4. The summed E-state index contributed by atoms with van der Waals surface area (Å²) in [5.41, 5.74) is 1.54. The van der Waals surface area contributed by atoms with Gasteiger partial charge in [0, 0.05) is 36.0 Å². The highest BCUT2D eigenvalue weighted by molar-refractivity contribution is 7.97. The standard InChI is InChI=1S/C28H35N3O3S2/c1-20-14-17-29(18-15-20)35-23-12-13-26-25(19-23)22(3)27(28(32)30-16-8-7-9-21(30)2)31(26)36(33,34)24-10-5-4-6-11-24/h4-6,10-13,19-21H,7-9,14-18H2,1-3H3. The molecular weight excluding hydrogens is 490 g/mol. The molecule has 2 aliphatic heterocycles. The second-order valence-corrected chi connectivity index (χ2v) is 13.2. The smallest absolute Gasteiger partial charge is 0.272 e. The second-order valence-electron chi connectivity index (χ2n) is 10.3. The molecule has 36 heavy (non-hydrogen) atoms. The first kappa shape index (κ1) is 25.4. The van der Waals surface area contributed by atoms with Crippen LogP contribution in [0.5, 0.6) is 0 Å². The quantitative estimate of drug-likeness (QED) is 0.386. The molecule has 0 aliphatic carbocycles. The summed E-state index contributed by atoms with van der Waals surface area (Å²) in [6, 6.07) is 14.4. The van der Waals surface area contributed by atoms with Crippen molar-refractivity contribution in [1.29, 1.82) is 0 Å². The van der Waals surface area contributed by atoms with E-state index in [4.69, 9.17) is 0 Å². The number of likely N-dealkylation sites (tertiary alicyclic amines) is 1. The predicted molar refractivity (Wildman–Crippen MR) is 146 cm³/mol. The first-order valence-corrected chi connectivity index (χ1v) is 15.2. The Kier molecular flexibility index (Phi) is 7.21. The molecule has 0 N–H and O–H groups in total. The number of carbonyl (C=O) groups is 1. The van der Waals surface area contributed by atoms with E-state index in [1.54, 1.807) is 42.3 Å². The lowest BCUT2D eigenvalue weighted by atomic mass is 10.0. The average Bonchev–Trinajstić information content (AvgIpc) is 3.18. The Hall–Kier alpha value is -2.29. The molecule has 6 nitrogen and oxygen atoms in total. The lowest BCUT2D eigenvalue weighted by Gasteiger charge is -2.33. The van der Waals surface area contributed by atoms with E-state index in [1.165, 1.54) is 16.8 Å². The van der Waals surface area contributed by atoms with Gasteiger partial charge in [0.25, 0.3) is 15.9 Å². The molecule has 2 aliphatic rings. The van der Waals surface area contributed by atoms with Crippen LogP contribution in [-0.2, 0) is 10.0 Å². The molecule has 0 radical (unpaired) electrons. The minimum atomic E-state index is -3.97. The van der Waals surface area contributed by atoms with E-state index in [9.17, 15) is 13.2 Å². The molecular formula is C28H35N3O3S2. The highest BCUT2D eigenvalue weighted by Crippen LogP contribution is 2.36. The molecule has 0 saturated carbocycles. The van der Waals surface area contributed by atoms with Crippen molar-refractivity contribution in [3.8, 4) is 0 Å². The third-order valence-corrected chi connectivity index (χ3v) is 10.5. The topological polar surface area (TPSA) is 62.6 Å². The zero-order valence-corrected chi connectivity index (χ0v) is 22.9. The summed E-state index contributed by atoms with van der Waals surface area (Å²) in [4.78, 5) is 17.1. The molecule has 1 atom stereocenters. The van der Waals surface area contributed by atoms with Crippen molar-refractivity contribution in [2.45, 2.75) is 68.7 Å². The summed E-state index contributed by atoms with van der Waals surface area (Å²) < 4.78 is 31.6. The van der Waals surface area contributed by atoms with Gasteiger partial charge in [0.05, 0.1) is 10.4 Å². The van der Waals surface area contributed by atoms with Crippen molar-refractivity contribution in [2.24, 2.45) is 5.92 Å². The van der Waals surface area contributed by atoms with Crippen molar-refractivity contribution < 1.29 is 13.2 Å². The third kappa shape index (κ3) is 4.71. The van der Waals surface area contributed by atoms with Crippen LogP contribution in [0.15, 0.2) is 58.3 Å². The van der Waals surface area contributed by atoms with Crippen LogP contribution in [0.4, 0.5) is 0 Å². The second kappa shape index (κ2) is 10.2. The van der Waals surface area contributed by atoms with Gasteiger partial charge in [-0.05, 0) is 99.7 Å². The molecule has 0 spiro atoms. The van der Waals surface area contributed by atoms with Crippen LogP contribution in [0, 0.1) is 12.8 Å². The molecule has 5 rings (SSSR count). The van der Waals surface area contributed by atoms with Gasteiger partial charge in [-0.3, -0.25) is 4.79 Å². The van der Waals surface area contributed by atoms with Gasteiger partial charge in [0.15, 0.2) is 0 Å². The molecule has 192 valence electrons. The van der Waals surface area contributed by atoms with Gasteiger partial charge in [-0.1, -0.05) is 25.1 Å². The number of benzene rings is 2. The largest absolute Gasteiger partial charge is 0.335 e. The van der Waals surface area contributed by atoms with Crippen molar-refractivity contribution in [3.05, 3.63) is 59.8 Å². The molecule has 2 saturated heterocycles. The summed E-state index contributed by atoms with van der Waals surface area (Å²) in [6.07, 6.45) is 5.34. The monoisotopic (exact) mass is 525 g/mol. The Bertz CT molecular complexity index is 1360. The minimum Gasteiger partial charge on any atom is -0.335 e. The SMILES string of the molecule is Cc1c(C(=O)N2CCCCC2C)n(S(=O)(=O)c2ccccc2)c2ccc(SN3CCC(C)CC3)cc12. The number of carbonyl (C=O) groups excluding carboxylic acids is 1. The molecule has 1 amide bonds. The van der Waals surface area contributed by atoms with Gasteiger partial charge < -0.3 is 4.90 Å². The van der Waals surface area contributed by atoms with Crippen molar-refractivity contribution in [3.63, 3.8) is 0 Å². The number of piperidine rings is 2. The van der Waals surface area contributed by atoms with Crippen LogP contribution in [-0.4, -0.2) is 53.2 Å². The Morgan fingerprint density at radius 3 is 2.36 bits per heavy atom.